The smallest absolute Gasteiger partial charge is 0.212 e. The van der Waals surface area contributed by atoms with E-state index in [2.05, 4.69) is 26.3 Å². The highest BCUT2D eigenvalue weighted by atomic mass is 16.5. The summed E-state index contributed by atoms with van der Waals surface area (Å²) in [5.74, 6) is 2.28. The van der Waals surface area contributed by atoms with E-state index in [0.29, 0.717) is 19.0 Å². The van der Waals surface area contributed by atoms with Crippen molar-refractivity contribution in [1.82, 2.24) is 15.2 Å². The van der Waals surface area contributed by atoms with Gasteiger partial charge in [0, 0.05) is 45.0 Å². The summed E-state index contributed by atoms with van der Waals surface area (Å²) in [6, 6.07) is 11.8. The average molecular weight is 328 g/mol. The van der Waals surface area contributed by atoms with Crippen molar-refractivity contribution in [3.63, 3.8) is 0 Å². The molecule has 0 fully saturated rings. The van der Waals surface area contributed by atoms with Crippen LogP contribution in [0.5, 0.6) is 11.6 Å². The third-order valence-electron chi connectivity index (χ3n) is 3.63. The first-order valence-corrected chi connectivity index (χ1v) is 7.70. The van der Waals surface area contributed by atoms with Crippen LogP contribution in [0.3, 0.4) is 0 Å². The lowest BCUT2D eigenvalue weighted by molar-refractivity contribution is 0.395. The zero-order valence-corrected chi connectivity index (χ0v) is 14.6. The molecule has 0 radical (unpaired) electrons. The Hall–Kier alpha value is -2.76. The van der Waals surface area contributed by atoms with E-state index in [4.69, 9.17) is 9.47 Å². The van der Waals surface area contributed by atoms with Crippen molar-refractivity contribution in [3.05, 3.63) is 53.7 Å². The Bertz CT molecular complexity index is 671. The van der Waals surface area contributed by atoms with E-state index in [0.717, 1.165) is 22.8 Å². The summed E-state index contributed by atoms with van der Waals surface area (Å²) in [4.78, 5) is 10.6. The summed E-state index contributed by atoms with van der Waals surface area (Å²) in [5, 5.41) is 3.33. The standard InChI is InChI=1S/C18H24N4O2/c1-19-18(21-12-14-9-10-17(24-4)20-11-14)22(2)13-15-7-5-6-8-16(15)23-3/h5-11H,12-13H2,1-4H3,(H,19,21). The van der Waals surface area contributed by atoms with Crippen LogP contribution in [0.4, 0.5) is 0 Å². The molecule has 128 valence electrons. The molecule has 0 unspecified atom stereocenters. The molecular formula is C18H24N4O2. The van der Waals surface area contributed by atoms with Crippen molar-refractivity contribution in [3.8, 4) is 11.6 Å². The Morgan fingerprint density at radius 3 is 2.58 bits per heavy atom. The third kappa shape index (κ3) is 4.62. The van der Waals surface area contributed by atoms with Crippen molar-refractivity contribution in [2.24, 2.45) is 4.99 Å². The Labute approximate surface area is 143 Å². The minimum atomic E-state index is 0.608. The van der Waals surface area contributed by atoms with Crippen LogP contribution in [0.2, 0.25) is 0 Å². The van der Waals surface area contributed by atoms with Gasteiger partial charge < -0.3 is 19.7 Å². The molecular weight excluding hydrogens is 304 g/mol. The lowest BCUT2D eigenvalue weighted by Crippen LogP contribution is -2.38. The molecule has 0 aliphatic rings. The summed E-state index contributed by atoms with van der Waals surface area (Å²) in [6.07, 6.45) is 1.79. The van der Waals surface area contributed by atoms with Crippen molar-refractivity contribution in [1.29, 1.82) is 0 Å². The Balaban J connectivity index is 1.97. The first-order valence-electron chi connectivity index (χ1n) is 7.70. The summed E-state index contributed by atoms with van der Waals surface area (Å²) >= 11 is 0. The third-order valence-corrected chi connectivity index (χ3v) is 3.63. The van der Waals surface area contributed by atoms with Gasteiger partial charge >= 0.3 is 0 Å². The normalized spacial score (nSPS) is 11.1. The first-order chi connectivity index (χ1) is 11.7. The van der Waals surface area contributed by atoms with Crippen molar-refractivity contribution < 1.29 is 9.47 Å². The molecule has 24 heavy (non-hydrogen) atoms. The van der Waals surface area contributed by atoms with Gasteiger partial charge in [-0.15, -0.1) is 0 Å². The molecule has 1 aromatic carbocycles. The lowest BCUT2D eigenvalue weighted by atomic mass is 10.2. The molecule has 0 saturated heterocycles. The quantitative estimate of drug-likeness (QED) is 0.651. The maximum absolute atomic E-state index is 5.40. The Morgan fingerprint density at radius 2 is 1.96 bits per heavy atom. The van der Waals surface area contributed by atoms with Gasteiger partial charge in [-0.1, -0.05) is 24.3 Å². The van der Waals surface area contributed by atoms with Crippen LogP contribution < -0.4 is 14.8 Å². The monoisotopic (exact) mass is 328 g/mol. The SMILES string of the molecule is CN=C(NCc1ccc(OC)nc1)N(C)Cc1ccccc1OC. The number of nitrogens with one attached hydrogen (secondary N) is 1. The van der Waals surface area contributed by atoms with Crippen LogP contribution >= 0.6 is 0 Å². The fourth-order valence-corrected chi connectivity index (χ4v) is 2.37. The number of benzene rings is 1. The van der Waals surface area contributed by atoms with Gasteiger partial charge in [0.05, 0.1) is 14.2 Å². The van der Waals surface area contributed by atoms with E-state index < -0.39 is 0 Å². The van der Waals surface area contributed by atoms with Gasteiger partial charge in [0.25, 0.3) is 0 Å². The number of guanidine groups is 1. The van der Waals surface area contributed by atoms with Crippen molar-refractivity contribution in [2.75, 3.05) is 28.3 Å². The molecule has 0 aliphatic carbocycles. The summed E-state index contributed by atoms with van der Waals surface area (Å²) in [6.45, 7) is 1.34. The number of nitrogens with zero attached hydrogens (tertiary/aromatic N) is 3. The Morgan fingerprint density at radius 1 is 1.17 bits per heavy atom. The summed E-state index contributed by atoms with van der Waals surface area (Å²) in [5.41, 5.74) is 2.17. The molecule has 1 aromatic heterocycles. The number of pyridine rings is 1. The minimum absolute atomic E-state index is 0.608. The van der Waals surface area contributed by atoms with E-state index >= 15 is 0 Å². The number of hydrogen-bond acceptors (Lipinski definition) is 4. The second-order valence-electron chi connectivity index (χ2n) is 5.28. The molecule has 6 heteroatoms. The molecule has 2 aromatic rings. The van der Waals surface area contributed by atoms with Gasteiger partial charge in [-0.3, -0.25) is 4.99 Å². The highest BCUT2D eigenvalue weighted by Crippen LogP contribution is 2.18. The second-order valence-corrected chi connectivity index (χ2v) is 5.28. The van der Waals surface area contributed by atoms with Gasteiger partial charge in [0.1, 0.15) is 5.75 Å². The predicted molar refractivity (Wildman–Crippen MR) is 95.4 cm³/mol. The zero-order valence-electron chi connectivity index (χ0n) is 14.6. The van der Waals surface area contributed by atoms with E-state index in [-0.39, 0.29) is 0 Å². The molecule has 0 spiro atoms. The van der Waals surface area contributed by atoms with Gasteiger partial charge in [-0.25, -0.2) is 4.98 Å². The number of aliphatic imine (C=N–C) groups is 1. The lowest BCUT2D eigenvalue weighted by Gasteiger charge is -2.23. The van der Waals surface area contributed by atoms with E-state index in [9.17, 15) is 0 Å². The maximum Gasteiger partial charge on any atom is 0.212 e. The van der Waals surface area contributed by atoms with Crippen LogP contribution in [-0.4, -0.2) is 44.2 Å². The Kier molecular flexibility index (Phi) is 6.42. The molecule has 0 aliphatic heterocycles. The minimum Gasteiger partial charge on any atom is -0.496 e. The maximum atomic E-state index is 5.40. The van der Waals surface area contributed by atoms with Crippen molar-refractivity contribution in [2.45, 2.75) is 13.1 Å². The summed E-state index contributed by atoms with van der Waals surface area (Å²) < 4.78 is 10.5. The van der Waals surface area contributed by atoms with Gasteiger partial charge in [-0.2, -0.15) is 0 Å². The highest BCUT2D eigenvalue weighted by Gasteiger charge is 2.09. The summed E-state index contributed by atoms with van der Waals surface area (Å²) in [7, 11) is 7.05. The predicted octanol–water partition coefficient (Wildman–Crippen LogP) is 2.31. The molecule has 6 nitrogen and oxygen atoms in total. The van der Waals surface area contributed by atoms with E-state index in [1.165, 1.54) is 0 Å². The van der Waals surface area contributed by atoms with Crippen LogP contribution in [-0.2, 0) is 13.1 Å². The second kappa shape index (κ2) is 8.76. The number of hydrogen-bond donors (Lipinski definition) is 1. The van der Waals surface area contributed by atoms with Crippen LogP contribution in [0.25, 0.3) is 0 Å². The van der Waals surface area contributed by atoms with E-state index in [1.54, 1.807) is 27.5 Å². The van der Waals surface area contributed by atoms with Crippen LogP contribution in [0.1, 0.15) is 11.1 Å². The van der Waals surface area contributed by atoms with E-state index in [1.807, 2.05) is 37.4 Å². The number of ether oxygens (including phenoxy) is 2. The molecule has 0 saturated carbocycles. The molecule has 1 heterocycles. The molecule has 0 bridgehead atoms. The van der Waals surface area contributed by atoms with Gasteiger partial charge in [0.2, 0.25) is 5.88 Å². The van der Waals surface area contributed by atoms with Crippen LogP contribution in [0.15, 0.2) is 47.6 Å². The van der Waals surface area contributed by atoms with Gasteiger partial charge in [-0.05, 0) is 11.6 Å². The largest absolute Gasteiger partial charge is 0.496 e. The number of rotatable bonds is 6. The average Bonchev–Trinajstić information content (AvgIpc) is 2.63. The topological polar surface area (TPSA) is 59.0 Å². The molecule has 2 rings (SSSR count). The molecule has 0 amide bonds. The van der Waals surface area contributed by atoms with Crippen molar-refractivity contribution >= 4 is 5.96 Å². The molecule has 1 N–H and O–H groups in total. The highest BCUT2D eigenvalue weighted by molar-refractivity contribution is 5.79. The van der Waals surface area contributed by atoms with Gasteiger partial charge in [0.15, 0.2) is 5.96 Å². The fourth-order valence-electron chi connectivity index (χ4n) is 2.37. The fraction of sp³-hybridized carbons (Fsp3) is 0.333. The molecule has 0 atom stereocenters. The number of aromatic nitrogens is 1. The number of methoxy groups -OCH3 is 2. The number of para-hydroxylation sites is 1. The zero-order chi connectivity index (χ0) is 17.4. The first kappa shape index (κ1) is 17.6. The van der Waals surface area contributed by atoms with Crippen LogP contribution in [0, 0.1) is 0 Å².